The minimum atomic E-state index is 0.653. The van der Waals surface area contributed by atoms with Crippen molar-refractivity contribution in [1.82, 2.24) is 24.5 Å². The Morgan fingerprint density at radius 3 is 2.81 bits per heavy atom. The Bertz CT molecular complexity index is 470. The van der Waals surface area contributed by atoms with Crippen LogP contribution in [0.1, 0.15) is 5.82 Å². The molecule has 0 saturated heterocycles. The van der Waals surface area contributed by atoms with Crippen LogP contribution in [0.5, 0.6) is 0 Å². The van der Waals surface area contributed by atoms with Crippen molar-refractivity contribution in [3.8, 4) is 0 Å². The molecule has 0 aliphatic carbocycles. The molecule has 16 heavy (non-hydrogen) atoms. The fourth-order valence-corrected chi connectivity index (χ4v) is 1.47. The maximum Gasteiger partial charge on any atom is 0.171 e. The second kappa shape index (κ2) is 4.21. The molecule has 2 aromatic rings. The number of anilines is 2. The van der Waals surface area contributed by atoms with Gasteiger partial charge in [-0.3, -0.25) is 4.68 Å². The topological polar surface area (TPSA) is 86.6 Å². The molecule has 0 amide bonds. The summed E-state index contributed by atoms with van der Waals surface area (Å²) in [6.45, 7) is 0.730. The third-order valence-corrected chi connectivity index (χ3v) is 2.30. The third-order valence-electron chi connectivity index (χ3n) is 2.30. The van der Waals surface area contributed by atoms with Crippen molar-refractivity contribution >= 4 is 11.5 Å². The zero-order valence-corrected chi connectivity index (χ0v) is 9.38. The number of nitrogens with two attached hydrogens (primary N) is 1. The highest BCUT2D eigenvalue weighted by Gasteiger charge is 2.04. The first-order valence-corrected chi connectivity index (χ1v) is 5.02. The molecule has 0 aliphatic rings. The highest BCUT2D eigenvalue weighted by Crippen LogP contribution is 2.13. The van der Waals surface area contributed by atoms with Gasteiger partial charge in [-0.05, 0) is 0 Å². The van der Waals surface area contributed by atoms with Crippen LogP contribution in [-0.4, -0.2) is 31.1 Å². The van der Waals surface area contributed by atoms with Crippen LogP contribution in [0.2, 0.25) is 0 Å². The van der Waals surface area contributed by atoms with Crippen LogP contribution in [0.3, 0.4) is 0 Å². The second-order valence-corrected chi connectivity index (χ2v) is 3.64. The van der Waals surface area contributed by atoms with Crippen LogP contribution in [0.15, 0.2) is 12.5 Å². The van der Waals surface area contributed by atoms with Gasteiger partial charge in [0.25, 0.3) is 0 Å². The van der Waals surface area contributed by atoms with E-state index in [0.29, 0.717) is 11.5 Å². The first-order chi connectivity index (χ1) is 7.66. The third kappa shape index (κ3) is 2.13. The zero-order valence-electron chi connectivity index (χ0n) is 9.38. The first kappa shape index (κ1) is 10.5. The molecular weight excluding hydrogens is 206 g/mol. The van der Waals surface area contributed by atoms with E-state index in [1.54, 1.807) is 17.2 Å². The second-order valence-electron chi connectivity index (χ2n) is 3.64. The lowest BCUT2D eigenvalue weighted by molar-refractivity contribution is 0.761. The standard InChI is InChI=1S/C9H15N7/c1-15-6-12-13-8(15)3-4-11-9-7(10)5-16(2)14-9/h5-6H,3-4,10H2,1-2H3,(H,11,14). The number of hydrogen-bond donors (Lipinski definition) is 2. The number of hydrogen-bond acceptors (Lipinski definition) is 5. The van der Waals surface area contributed by atoms with Crippen molar-refractivity contribution in [2.45, 2.75) is 6.42 Å². The van der Waals surface area contributed by atoms with Crippen molar-refractivity contribution in [1.29, 1.82) is 0 Å². The summed E-state index contributed by atoms with van der Waals surface area (Å²) >= 11 is 0. The SMILES string of the molecule is Cn1cc(N)c(NCCc2nncn2C)n1. The molecule has 0 radical (unpaired) electrons. The molecule has 2 aromatic heterocycles. The smallest absolute Gasteiger partial charge is 0.171 e. The lowest BCUT2D eigenvalue weighted by Crippen LogP contribution is -2.10. The van der Waals surface area contributed by atoms with E-state index < -0.39 is 0 Å². The molecule has 0 spiro atoms. The zero-order chi connectivity index (χ0) is 11.5. The Balaban J connectivity index is 1.89. The van der Waals surface area contributed by atoms with Gasteiger partial charge in [-0.1, -0.05) is 0 Å². The van der Waals surface area contributed by atoms with Gasteiger partial charge in [0.1, 0.15) is 12.2 Å². The van der Waals surface area contributed by atoms with Crippen LogP contribution in [-0.2, 0) is 20.5 Å². The molecule has 0 unspecified atom stereocenters. The minimum Gasteiger partial charge on any atom is -0.394 e. The number of rotatable bonds is 4. The average Bonchev–Trinajstić information content (AvgIpc) is 2.75. The Morgan fingerprint density at radius 1 is 1.44 bits per heavy atom. The number of nitrogen functional groups attached to an aromatic ring is 1. The van der Waals surface area contributed by atoms with Crippen LogP contribution in [0.25, 0.3) is 0 Å². The lowest BCUT2D eigenvalue weighted by atomic mass is 10.4. The molecule has 0 aromatic carbocycles. The van der Waals surface area contributed by atoms with Gasteiger partial charge in [0, 0.05) is 33.3 Å². The predicted octanol–water partition coefficient (Wildman–Crippen LogP) is -0.215. The molecule has 2 rings (SSSR count). The number of aryl methyl sites for hydroxylation is 2. The van der Waals surface area contributed by atoms with Gasteiger partial charge >= 0.3 is 0 Å². The summed E-state index contributed by atoms with van der Waals surface area (Å²) in [6, 6.07) is 0. The van der Waals surface area contributed by atoms with Crippen molar-refractivity contribution in [3.05, 3.63) is 18.3 Å². The highest BCUT2D eigenvalue weighted by atomic mass is 15.3. The summed E-state index contributed by atoms with van der Waals surface area (Å²) in [7, 11) is 3.76. The predicted molar refractivity (Wildman–Crippen MR) is 60.8 cm³/mol. The highest BCUT2D eigenvalue weighted by molar-refractivity contribution is 5.59. The summed E-state index contributed by atoms with van der Waals surface area (Å²) in [5.74, 6) is 1.65. The van der Waals surface area contributed by atoms with E-state index in [4.69, 9.17) is 5.73 Å². The van der Waals surface area contributed by atoms with E-state index in [0.717, 1.165) is 18.8 Å². The molecule has 0 aliphatic heterocycles. The molecule has 0 atom stereocenters. The first-order valence-electron chi connectivity index (χ1n) is 5.02. The Morgan fingerprint density at radius 2 is 2.25 bits per heavy atom. The van der Waals surface area contributed by atoms with Gasteiger partial charge in [-0.25, -0.2) is 0 Å². The van der Waals surface area contributed by atoms with Crippen LogP contribution < -0.4 is 11.1 Å². The van der Waals surface area contributed by atoms with E-state index in [9.17, 15) is 0 Å². The van der Waals surface area contributed by atoms with Crippen LogP contribution in [0, 0.1) is 0 Å². The molecule has 86 valence electrons. The van der Waals surface area contributed by atoms with Gasteiger partial charge in [0.05, 0.1) is 5.69 Å². The Labute approximate surface area is 93.3 Å². The molecule has 7 heteroatoms. The fraction of sp³-hybridized carbons (Fsp3) is 0.444. The molecule has 2 heterocycles. The molecule has 0 saturated carbocycles. The quantitative estimate of drug-likeness (QED) is 0.745. The van der Waals surface area contributed by atoms with E-state index in [-0.39, 0.29) is 0 Å². The van der Waals surface area contributed by atoms with Crippen molar-refractivity contribution < 1.29 is 0 Å². The molecule has 7 nitrogen and oxygen atoms in total. The summed E-state index contributed by atoms with van der Waals surface area (Å²) < 4.78 is 3.57. The maximum absolute atomic E-state index is 5.75. The Hall–Kier alpha value is -2.05. The lowest BCUT2D eigenvalue weighted by Gasteiger charge is -2.03. The summed E-state index contributed by atoms with van der Waals surface area (Å²) in [5.41, 5.74) is 6.40. The van der Waals surface area contributed by atoms with Gasteiger partial charge in [0.15, 0.2) is 5.82 Å². The summed E-state index contributed by atoms with van der Waals surface area (Å²) in [6.07, 6.45) is 4.24. The van der Waals surface area contributed by atoms with Crippen LogP contribution >= 0.6 is 0 Å². The molecular formula is C9H15N7. The summed E-state index contributed by atoms with van der Waals surface area (Å²) in [4.78, 5) is 0. The number of nitrogens with one attached hydrogen (secondary N) is 1. The van der Waals surface area contributed by atoms with E-state index in [1.807, 2.05) is 18.7 Å². The van der Waals surface area contributed by atoms with Crippen molar-refractivity contribution in [2.75, 3.05) is 17.6 Å². The Kier molecular flexibility index (Phi) is 2.76. The van der Waals surface area contributed by atoms with Crippen molar-refractivity contribution in [2.24, 2.45) is 14.1 Å². The van der Waals surface area contributed by atoms with Crippen molar-refractivity contribution in [3.63, 3.8) is 0 Å². The molecule has 3 N–H and O–H groups in total. The van der Waals surface area contributed by atoms with Gasteiger partial charge in [0.2, 0.25) is 0 Å². The van der Waals surface area contributed by atoms with Gasteiger partial charge in [-0.2, -0.15) is 5.10 Å². The normalized spacial score (nSPS) is 10.6. The molecule has 0 fully saturated rings. The average molecular weight is 221 g/mol. The van der Waals surface area contributed by atoms with Gasteiger partial charge < -0.3 is 15.6 Å². The van der Waals surface area contributed by atoms with Crippen LogP contribution in [0.4, 0.5) is 11.5 Å². The van der Waals surface area contributed by atoms with E-state index >= 15 is 0 Å². The molecule has 0 bridgehead atoms. The largest absolute Gasteiger partial charge is 0.394 e. The number of aromatic nitrogens is 5. The summed E-state index contributed by atoms with van der Waals surface area (Å²) in [5, 5.41) is 15.2. The minimum absolute atomic E-state index is 0.653. The van der Waals surface area contributed by atoms with Gasteiger partial charge in [-0.15, -0.1) is 10.2 Å². The van der Waals surface area contributed by atoms with E-state index in [1.165, 1.54) is 0 Å². The number of nitrogens with zero attached hydrogens (tertiary/aromatic N) is 5. The fourth-order valence-electron chi connectivity index (χ4n) is 1.47. The maximum atomic E-state index is 5.75. The monoisotopic (exact) mass is 221 g/mol. The van der Waals surface area contributed by atoms with E-state index in [2.05, 4.69) is 20.6 Å².